The predicted octanol–water partition coefficient (Wildman–Crippen LogP) is 2.92. The van der Waals surface area contributed by atoms with Crippen molar-refractivity contribution in [2.45, 2.75) is 13.5 Å². The van der Waals surface area contributed by atoms with Crippen LogP contribution in [-0.4, -0.2) is 12.0 Å². The maximum absolute atomic E-state index is 12.8. The number of hydrogen-bond donors (Lipinski definition) is 1. The van der Waals surface area contributed by atoms with E-state index in [0.717, 1.165) is 23.5 Å². The highest BCUT2D eigenvalue weighted by molar-refractivity contribution is 5.59. The fourth-order valence-corrected chi connectivity index (χ4v) is 1.75. The number of hydrogen-bond acceptors (Lipinski definition) is 2. The molecule has 88 valence electrons. The third-order valence-corrected chi connectivity index (χ3v) is 2.70. The minimum Gasteiger partial charge on any atom is -0.316 e. The number of nitrogens with zero attached hydrogens (tertiary/aromatic N) is 1. The summed E-state index contributed by atoms with van der Waals surface area (Å²) in [4.78, 5) is 4.53. The molecule has 0 bridgehead atoms. The minimum absolute atomic E-state index is 0.225. The van der Waals surface area contributed by atoms with Gasteiger partial charge < -0.3 is 5.32 Å². The molecule has 0 aliphatic heterocycles. The third-order valence-electron chi connectivity index (χ3n) is 2.70. The number of nitrogens with one attached hydrogen (secondary N) is 1. The van der Waals surface area contributed by atoms with Gasteiger partial charge in [0.15, 0.2) is 0 Å². The Hall–Kier alpha value is -1.74. The van der Waals surface area contributed by atoms with Crippen LogP contribution in [0.15, 0.2) is 36.4 Å². The summed E-state index contributed by atoms with van der Waals surface area (Å²) in [5.41, 5.74) is 3.99. The summed E-state index contributed by atoms with van der Waals surface area (Å²) >= 11 is 0. The Morgan fingerprint density at radius 3 is 2.41 bits per heavy atom. The van der Waals surface area contributed by atoms with Gasteiger partial charge in [0.25, 0.3) is 0 Å². The van der Waals surface area contributed by atoms with Gasteiger partial charge in [-0.25, -0.2) is 4.39 Å². The molecule has 0 saturated carbocycles. The van der Waals surface area contributed by atoms with Crippen molar-refractivity contribution in [3.05, 3.63) is 53.5 Å². The summed E-state index contributed by atoms with van der Waals surface area (Å²) in [7, 11) is 1.91. The van der Waals surface area contributed by atoms with Gasteiger partial charge in [-0.1, -0.05) is 6.07 Å². The molecule has 0 spiro atoms. The van der Waals surface area contributed by atoms with Gasteiger partial charge in [0.2, 0.25) is 0 Å². The van der Waals surface area contributed by atoms with Gasteiger partial charge in [-0.15, -0.1) is 0 Å². The summed E-state index contributed by atoms with van der Waals surface area (Å²) in [5.74, 6) is -0.225. The zero-order valence-corrected chi connectivity index (χ0v) is 10.00. The molecule has 1 aromatic heterocycles. The predicted molar refractivity (Wildman–Crippen MR) is 67.1 cm³/mol. The molecular formula is C14H15FN2. The Morgan fingerprint density at radius 2 is 1.82 bits per heavy atom. The standard InChI is InChI=1S/C14H15FN2/c1-10-12(9-16-2)5-8-14(17-10)11-3-6-13(15)7-4-11/h3-8,16H,9H2,1-2H3. The zero-order valence-electron chi connectivity index (χ0n) is 10.00. The Kier molecular flexibility index (Phi) is 3.49. The average molecular weight is 230 g/mol. The fraction of sp³-hybridized carbons (Fsp3) is 0.214. The highest BCUT2D eigenvalue weighted by atomic mass is 19.1. The van der Waals surface area contributed by atoms with Crippen molar-refractivity contribution in [2.24, 2.45) is 0 Å². The maximum atomic E-state index is 12.8. The quantitative estimate of drug-likeness (QED) is 0.877. The van der Waals surface area contributed by atoms with E-state index < -0.39 is 0 Å². The molecule has 1 N–H and O–H groups in total. The topological polar surface area (TPSA) is 24.9 Å². The summed E-state index contributed by atoms with van der Waals surface area (Å²) in [6, 6.07) is 10.4. The smallest absolute Gasteiger partial charge is 0.123 e. The van der Waals surface area contributed by atoms with E-state index in [9.17, 15) is 4.39 Å². The first-order valence-electron chi connectivity index (χ1n) is 5.58. The van der Waals surface area contributed by atoms with E-state index in [1.807, 2.05) is 20.0 Å². The normalized spacial score (nSPS) is 10.5. The van der Waals surface area contributed by atoms with Gasteiger partial charge in [-0.3, -0.25) is 4.98 Å². The van der Waals surface area contributed by atoms with Crippen LogP contribution >= 0.6 is 0 Å². The van der Waals surface area contributed by atoms with Crippen molar-refractivity contribution in [3.63, 3.8) is 0 Å². The molecular weight excluding hydrogens is 215 g/mol. The molecule has 2 aromatic rings. The van der Waals surface area contributed by atoms with Crippen LogP contribution in [0.5, 0.6) is 0 Å². The van der Waals surface area contributed by atoms with Gasteiger partial charge in [0.05, 0.1) is 5.69 Å². The van der Waals surface area contributed by atoms with Crippen LogP contribution in [0.4, 0.5) is 4.39 Å². The number of benzene rings is 1. The van der Waals surface area contributed by atoms with Gasteiger partial charge >= 0.3 is 0 Å². The van der Waals surface area contributed by atoms with E-state index in [1.165, 1.54) is 17.7 Å². The highest BCUT2D eigenvalue weighted by Crippen LogP contribution is 2.19. The number of pyridine rings is 1. The molecule has 3 heteroatoms. The van der Waals surface area contributed by atoms with Gasteiger partial charge in [-0.2, -0.15) is 0 Å². The number of aryl methyl sites for hydroxylation is 1. The van der Waals surface area contributed by atoms with E-state index in [0.29, 0.717) is 0 Å². The van der Waals surface area contributed by atoms with Crippen LogP contribution < -0.4 is 5.32 Å². The van der Waals surface area contributed by atoms with Gasteiger partial charge in [0.1, 0.15) is 5.82 Å². The summed E-state index contributed by atoms with van der Waals surface area (Å²) < 4.78 is 12.8. The summed E-state index contributed by atoms with van der Waals surface area (Å²) in [6.45, 7) is 2.79. The lowest BCUT2D eigenvalue weighted by Gasteiger charge is -2.07. The number of rotatable bonds is 3. The van der Waals surface area contributed by atoms with E-state index >= 15 is 0 Å². The lowest BCUT2D eigenvalue weighted by molar-refractivity contribution is 0.628. The Balaban J connectivity index is 2.34. The van der Waals surface area contributed by atoms with Crippen LogP contribution in [0.2, 0.25) is 0 Å². The second-order valence-electron chi connectivity index (χ2n) is 3.98. The molecule has 0 aliphatic carbocycles. The van der Waals surface area contributed by atoms with Crippen molar-refractivity contribution in [2.75, 3.05) is 7.05 Å². The Morgan fingerprint density at radius 1 is 1.12 bits per heavy atom. The number of halogens is 1. The lowest BCUT2D eigenvalue weighted by Crippen LogP contribution is -2.07. The molecule has 0 aliphatic rings. The van der Waals surface area contributed by atoms with E-state index in [4.69, 9.17) is 0 Å². The Labute approximate surface area is 101 Å². The van der Waals surface area contributed by atoms with Crippen molar-refractivity contribution in [3.8, 4) is 11.3 Å². The van der Waals surface area contributed by atoms with Crippen LogP contribution in [0.25, 0.3) is 11.3 Å². The molecule has 0 atom stereocenters. The van der Waals surface area contributed by atoms with E-state index in [-0.39, 0.29) is 5.82 Å². The fourth-order valence-electron chi connectivity index (χ4n) is 1.75. The summed E-state index contributed by atoms with van der Waals surface area (Å²) in [6.07, 6.45) is 0. The Bertz CT molecular complexity index is 506. The second kappa shape index (κ2) is 5.06. The molecule has 0 radical (unpaired) electrons. The molecule has 0 fully saturated rings. The zero-order chi connectivity index (χ0) is 12.3. The molecule has 0 saturated heterocycles. The molecule has 0 unspecified atom stereocenters. The van der Waals surface area contributed by atoms with Gasteiger partial charge in [-0.05, 0) is 49.9 Å². The SMILES string of the molecule is CNCc1ccc(-c2ccc(F)cc2)nc1C. The molecule has 17 heavy (non-hydrogen) atoms. The molecule has 1 aromatic carbocycles. The van der Waals surface area contributed by atoms with Crippen molar-refractivity contribution in [1.29, 1.82) is 0 Å². The first-order valence-corrected chi connectivity index (χ1v) is 5.58. The first-order chi connectivity index (χ1) is 8.20. The third kappa shape index (κ3) is 2.68. The summed E-state index contributed by atoms with van der Waals surface area (Å²) in [5, 5.41) is 3.10. The highest BCUT2D eigenvalue weighted by Gasteiger charge is 2.03. The molecule has 1 heterocycles. The molecule has 2 nitrogen and oxygen atoms in total. The van der Waals surface area contributed by atoms with E-state index in [2.05, 4.69) is 16.4 Å². The molecule has 0 amide bonds. The minimum atomic E-state index is -0.225. The van der Waals surface area contributed by atoms with Crippen molar-refractivity contribution < 1.29 is 4.39 Å². The van der Waals surface area contributed by atoms with E-state index in [1.54, 1.807) is 12.1 Å². The van der Waals surface area contributed by atoms with Crippen LogP contribution in [-0.2, 0) is 6.54 Å². The average Bonchev–Trinajstić information content (AvgIpc) is 2.33. The second-order valence-corrected chi connectivity index (χ2v) is 3.98. The molecule has 2 rings (SSSR count). The van der Waals surface area contributed by atoms with Crippen LogP contribution in [0.3, 0.4) is 0 Å². The monoisotopic (exact) mass is 230 g/mol. The number of aromatic nitrogens is 1. The van der Waals surface area contributed by atoms with Gasteiger partial charge in [0, 0.05) is 17.8 Å². The lowest BCUT2D eigenvalue weighted by atomic mass is 10.1. The van der Waals surface area contributed by atoms with Crippen LogP contribution in [0.1, 0.15) is 11.3 Å². The van der Waals surface area contributed by atoms with Crippen LogP contribution in [0, 0.1) is 12.7 Å². The van der Waals surface area contributed by atoms with Crippen molar-refractivity contribution >= 4 is 0 Å². The maximum Gasteiger partial charge on any atom is 0.123 e. The largest absolute Gasteiger partial charge is 0.316 e. The van der Waals surface area contributed by atoms with Crippen molar-refractivity contribution in [1.82, 2.24) is 10.3 Å². The first kappa shape index (κ1) is 11.7.